The number of rotatable bonds is 1. The summed E-state index contributed by atoms with van der Waals surface area (Å²) in [7, 11) is 0. The average molecular weight is 228 g/mol. The number of nitrogens with two attached hydrogens (primary N) is 1. The third-order valence-corrected chi connectivity index (χ3v) is 3.39. The Balaban J connectivity index is 2.76. The van der Waals surface area contributed by atoms with Gasteiger partial charge in [0.1, 0.15) is 4.88 Å². The van der Waals surface area contributed by atoms with Crippen LogP contribution < -0.4 is 5.73 Å². The highest BCUT2D eigenvalue weighted by atomic mass is 35.5. The lowest BCUT2D eigenvalue weighted by Gasteiger charge is -1.95. The van der Waals surface area contributed by atoms with Gasteiger partial charge in [0.15, 0.2) is 0 Å². The Hall–Kier alpha value is -1.26. The number of nitrogen functional groups attached to an aromatic ring is 1. The molecule has 0 saturated heterocycles. The van der Waals surface area contributed by atoms with Crippen molar-refractivity contribution >= 4 is 44.7 Å². The number of fused-ring (bicyclic) bond motifs is 1. The molecule has 0 unspecified atom stereocenters. The standard InChI is InChI=1S/C9H6ClNO2S/c10-6-3-5(11)1-4-2-7(9(12)13)14-8(4)6/h1-3H,11H2,(H,12,13). The topological polar surface area (TPSA) is 63.3 Å². The number of carboxylic acid groups (broad SMARTS) is 1. The van der Waals surface area contributed by atoms with Gasteiger partial charge in [-0.15, -0.1) is 11.3 Å². The van der Waals surface area contributed by atoms with Crippen LogP contribution in [0.2, 0.25) is 5.02 Å². The van der Waals surface area contributed by atoms with Gasteiger partial charge in [0, 0.05) is 5.69 Å². The second-order valence-electron chi connectivity index (χ2n) is 2.84. The molecule has 3 nitrogen and oxygen atoms in total. The Bertz CT molecular complexity index is 521. The van der Waals surface area contributed by atoms with Gasteiger partial charge >= 0.3 is 5.97 Å². The molecule has 0 atom stereocenters. The van der Waals surface area contributed by atoms with Crippen LogP contribution >= 0.6 is 22.9 Å². The lowest BCUT2D eigenvalue weighted by molar-refractivity contribution is 0.0702. The third kappa shape index (κ3) is 1.42. The SMILES string of the molecule is Nc1cc(Cl)c2sc(C(=O)O)cc2c1. The van der Waals surface area contributed by atoms with Gasteiger partial charge in [-0.2, -0.15) is 0 Å². The zero-order valence-electron chi connectivity index (χ0n) is 6.95. The second kappa shape index (κ2) is 3.15. The Labute approximate surface area is 88.7 Å². The zero-order chi connectivity index (χ0) is 10.3. The number of thiophene rings is 1. The molecule has 3 N–H and O–H groups in total. The van der Waals surface area contributed by atoms with Crippen molar-refractivity contribution < 1.29 is 9.90 Å². The van der Waals surface area contributed by atoms with E-state index in [1.165, 1.54) is 0 Å². The summed E-state index contributed by atoms with van der Waals surface area (Å²) < 4.78 is 0.762. The van der Waals surface area contributed by atoms with Crippen LogP contribution in [0.15, 0.2) is 18.2 Å². The van der Waals surface area contributed by atoms with Crippen molar-refractivity contribution in [2.75, 3.05) is 5.73 Å². The van der Waals surface area contributed by atoms with Gasteiger partial charge in [-0.1, -0.05) is 11.6 Å². The summed E-state index contributed by atoms with van der Waals surface area (Å²) in [6.45, 7) is 0. The van der Waals surface area contributed by atoms with Crippen LogP contribution in [0.5, 0.6) is 0 Å². The van der Waals surface area contributed by atoms with Crippen molar-refractivity contribution in [3.8, 4) is 0 Å². The molecule has 0 saturated carbocycles. The molecule has 2 aromatic rings. The summed E-state index contributed by atoms with van der Waals surface area (Å²) in [5, 5.41) is 10.1. The molecule has 72 valence electrons. The van der Waals surface area contributed by atoms with E-state index < -0.39 is 5.97 Å². The van der Waals surface area contributed by atoms with Gasteiger partial charge in [-0.3, -0.25) is 0 Å². The Morgan fingerprint density at radius 3 is 2.79 bits per heavy atom. The molecule has 0 aliphatic heterocycles. The van der Waals surface area contributed by atoms with Gasteiger partial charge in [0.05, 0.1) is 9.72 Å². The number of benzene rings is 1. The maximum atomic E-state index is 10.7. The van der Waals surface area contributed by atoms with Crippen LogP contribution in [0, 0.1) is 0 Å². The number of halogens is 1. The highest BCUT2D eigenvalue weighted by Crippen LogP contribution is 2.33. The van der Waals surface area contributed by atoms with E-state index in [-0.39, 0.29) is 4.88 Å². The molecule has 0 amide bonds. The smallest absolute Gasteiger partial charge is 0.345 e. The van der Waals surface area contributed by atoms with E-state index in [4.69, 9.17) is 22.4 Å². The third-order valence-electron chi connectivity index (χ3n) is 1.80. The van der Waals surface area contributed by atoms with Gasteiger partial charge in [-0.25, -0.2) is 4.79 Å². The van der Waals surface area contributed by atoms with E-state index in [9.17, 15) is 4.79 Å². The number of aromatic carboxylic acids is 1. The summed E-state index contributed by atoms with van der Waals surface area (Å²) in [5.74, 6) is -0.944. The molecule has 5 heteroatoms. The minimum Gasteiger partial charge on any atom is -0.477 e. The van der Waals surface area contributed by atoms with Crippen LogP contribution in [0.25, 0.3) is 10.1 Å². The minimum absolute atomic E-state index is 0.271. The first-order valence-corrected chi connectivity index (χ1v) is 4.99. The van der Waals surface area contributed by atoms with E-state index in [1.807, 2.05) is 0 Å². The maximum Gasteiger partial charge on any atom is 0.345 e. The summed E-state index contributed by atoms with van der Waals surface area (Å²) in [6.07, 6.45) is 0. The predicted octanol–water partition coefficient (Wildman–Crippen LogP) is 2.84. The van der Waals surface area contributed by atoms with Crippen LogP contribution in [-0.4, -0.2) is 11.1 Å². The summed E-state index contributed by atoms with van der Waals surface area (Å²) in [4.78, 5) is 11.0. The predicted molar refractivity (Wildman–Crippen MR) is 58.2 cm³/mol. The van der Waals surface area contributed by atoms with Crippen molar-refractivity contribution in [3.05, 3.63) is 28.1 Å². The Morgan fingerprint density at radius 1 is 1.43 bits per heavy atom. The molecule has 0 fully saturated rings. The van der Waals surface area contributed by atoms with Crippen LogP contribution in [0.4, 0.5) is 5.69 Å². The maximum absolute atomic E-state index is 10.7. The summed E-state index contributed by atoms with van der Waals surface area (Å²) in [6, 6.07) is 4.90. The molecule has 1 heterocycles. The number of hydrogen-bond donors (Lipinski definition) is 2. The molecule has 0 aliphatic carbocycles. The van der Waals surface area contributed by atoms with E-state index in [0.29, 0.717) is 10.7 Å². The first-order chi connectivity index (χ1) is 6.58. The first kappa shape index (κ1) is 9.30. The minimum atomic E-state index is -0.944. The highest BCUT2D eigenvalue weighted by molar-refractivity contribution is 7.21. The number of anilines is 1. The van der Waals surface area contributed by atoms with Gasteiger partial charge in [-0.05, 0) is 23.6 Å². The monoisotopic (exact) mass is 227 g/mol. The molecule has 14 heavy (non-hydrogen) atoms. The molecule has 0 bridgehead atoms. The van der Waals surface area contributed by atoms with Crippen LogP contribution in [0.3, 0.4) is 0 Å². The van der Waals surface area contributed by atoms with E-state index >= 15 is 0 Å². The zero-order valence-corrected chi connectivity index (χ0v) is 8.52. The van der Waals surface area contributed by atoms with Crippen LogP contribution in [0.1, 0.15) is 9.67 Å². The summed E-state index contributed by atoms with van der Waals surface area (Å²) >= 11 is 7.07. The van der Waals surface area contributed by atoms with E-state index in [2.05, 4.69) is 0 Å². The highest BCUT2D eigenvalue weighted by Gasteiger charge is 2.10. The van der Waals surface area contributed by atoms with Crippen molar-refractivity contribution in [1.82, 2.24) is 0 Å². The Kier molecular flexibility index (Phi) is 2.09. The fourth-order valence-electron chi connectivity index (χ4n) is 1.24. The lowest BCUT2D eigenvalue weighted by Crippen LogP contribution is -1.89. The quantitative estimate of drug-likeness (QED) is 0.737. The van der Waals surface area contributed by atoms with E-state index in [1.54, 1.807) is 18.2 Å². The van der Waals surface area contributed by atoms with E-state index in [0.717, 1.165) is 21.4 Å². The number of hydrogen-bond acceptors (Lipinski definition) is 3. The van der Waals surface area contributed by atoms with Crippen molar-refractivity contribution in [2.45, 2.75) is 0 Å². The summed E-state index contributed by atoms with van der Waals surface area (Å²) in [5.41, 5.74) is 6.12. The van der Waals surface area contributed by atoms with Gasteiger partial charge in [0.25, 0.3) is 0 Å². The van der Waals surface area contributed by atoms with Gasteiger partial charge < -0.3 is 10.8 Å². The molecule has 0 aliphatic rings. The van der Waals surface area contributed by atoms with Crippen molar-refractivity contribution in [2.24, 2.45) is 0 Å². The molecular formula is C9H6ClNO2S. The molecule has 1 aromatic heterocycles. The molecule has 0 radical (unpaired) electrons. The lowest BCUT2D eigenvalue weighted by atomic mass is 10.2. The fourth-order valence-corrected chi connectivity index (χ4v) is 2.47. The van der Waals surface area contributed by atoms with Crippen molar-refractivity contribution in [3.63, 3.8) is 0 Å². The first-order valence-electron chi connectivity index (χ1n) is 3.80. The molecular weight excluding hydrogens is 222 g/mol. The second-order valence-corrected chi connectivity index (χ2v) is 4.30. The fraction of sp³-hybridized carbons (Fsp3) is 0. The van der Waals surface area contributed by atoms with Crippen molar-refractivity contribution in [1.29, 1.82) is 0 Å². The van der Waals surface area contributed by atoms with Crippen LogP contribution in [-0.2, 0) is 0 Å². The number of carboxylic acids is 1. The number of carbonyl (C=O) groups is 1. The average Bonchev–Trinajstić information content (AvgIpc) is 2.47. The molecule has 0 spiro atoms. The van der Waals surface area contributed by atoms with Gasteiger partial charge in [0.2, 0.25) is 0 Å². The molecule has 1 aromatic carbocycles. The largest absolute Gasteiger partial charge is 0.477 e. The Morgan fingerprint density at radius 2 is 2.14 bits per heavy atom. The molecule has 2 rings (SSSR count). The normalized spacial score (nSPS) is 10.6.